The monoisotopic (exact) mass is 414 g/mol. The first kappa shape index (κ1) is 20.4. The topological polar surface area (TPSA) is 55.1 Å². The molecule has 3 aromatic rings. The molecular formula is C22H23ClN2O2S. The van der Waals surface area contributed by atoms with Crippen LogP contribution in [0.4, 0.5) is 0 Å². The van der Waals surface area contributed by atoms with Gasteiger partial charge in [0.2, 0.25) is 0 Å². The van der Waals surface area contributed by atoms with Crippen LogP contribution in [0.1, 0.15) is 48.6 Å². The molecule has 0 bridgehead atoms. The van der Waals surface area contributed by atoms with Gasteiger partial charge in [0.05, 0.1) is 24.0 Å². The molecule has 1 N–H and O–H groups in total. The highest BCUT2D eigenvalue weighted by Gasteiger charge is 2.20. The zero-order chi connectivity index (χ0) is 20.1. The van der Waals surface area contributed by atoms with E-state index in [0.717, 1.165) is 41.2 Å². The molecule has 28 heavy (non-hydrogen) atoms. The van der Waals surface area contributed by atoms with Gasteiger partial charge in [0, 0.05) is 16.3 Å². The number of hydrogen-bond donors (Lipinski definition) is 1. The molecule has 0 amide bonds. The van der Waals surface area contributed by atoms with E-state index in [9.17, 15) is 9.90 Å². The summed E-state index contributed by atoms with van der Waals surface area (Å²) in [5.74, 6) is 0.0209. The number of unbranched alkanes of at least 4 members (excludes halogenated alkanes) is 1. The van der Waals surface area contributed by atoms with Crippen LogP contribution in [0.25, 0.3) is 11.1 Å². The molecule has 0 fully saturated rings. The summed E-state index contributed by atoms with van der Waals surface area (Å²) in [6, 6.07) is 11.4. The summed E-state index contributed by atoms with van der Waals surface area (Å²) in [6.45, 7) is 4.56. The fourth-order valence-electron chi connectivity index (χ4n) is 3.22. The summed E-state index contributed by atoms with van der Waals surface area (Å²) in [7, 11) is 0. The van der Waals surface area contributed by atoms with Crippen LogP contribution >= 0.6 is 22.9 Å². The molecule has 0 aliphatic carbocycles. The minimum atomic E-state index is -0.930. The van der Waals surface area contributed by atoms with E-state index >= 15 is 0 Å². The quantitative estimate of drug-likeness (QED) is 0.459. The average molecular weight is 415 g/mol. The van der Waals surface area contributed by atoms with Crippen molar-refractivity contribution in [3.05, 3.63) is 75.0 Å². The molecule has 0 saturated heterocycles. The number of aryl methyl sites for hydroxylation is 1. The van der Waals surface area contributed by atoms with Gasteiger partial charge in [-0.25, -0.2) is 9.78 Å². The number of allylic oxidation sites excluding steroid dienone is 1. The summed E-state index contributed by atoms with van der Waals surface area (Å²) in [6.07, 6.45) is 4.72. The van der Waals surface area contributed by atoms with Gasteiger partial charge in [0.1, 0.15) is 5.82 Å². The molecule has 3 rings (SSSR count). The van der Waals surface area contributed by atoms with Crippen molar-refractivity contribution in [3.63, 3.8) is 0 Å². The Morgan fingerprint density at radius 2 is 2.04 bits per heavy atom. The van der Waals surface area contributed by atoms with Crippen LogP contribution in [0.5, 0.6) is 0 Å². The minimum absolute atomic E-state index is 0.317. The van der Waals surface area contributed by atoms with Gasteiger partial charge < -0.3 is 9.67 Å². The maximum absolute atomic E-state index is 12.0. The molecule has 1 aromatic carbocycles. The number of imidazole rings is 1. The first-order valence-electron chi connectivity index (χ1n) is 9.29. The van der Waals surface area contributed by atoms with Crippen LogP contribution in [0.2, 0.25) is 5.02 Å². The lowest BCUT2D eigenvalue weighted by molar-refractivity contribution is -0.130. The van der Waals surface area contributed by atoms with E-state index in [0.29, 0.717) is 22.7 Å². The molecule has 6 heteroatoms. The highest BCUT2D eigenvalue weighted by molar-refractivity contribution is 7.11. The second-order valence-corrected chi connectivity index (χ2v) is 7.98. The van der Waals surface area contributed by atoms with E-state index in [4.69, 9.17) is 11.6 Å². The first-order valence-corrected chi connectivity index (χ1v) is 10.5. The number of carboxylic acids is 1. The standard InChI is InChI=1S/C22H23ClN2O2S/c1-3-4-11-20-24-13-18(25(20)14-16-8-5-6-9-17(16)23)15(2)21(22(26)27)19-10-7-12-28-19/h5-10,12-13H,3-4,11,14H2,1-2H3,(H,26,27). The lowest BCUT2D eigenvalue weighted by Gasteiger charge is -2.15. The SMILES string of the molecule is CCCCc1ncc(C(C)=C(C(=O)O)c2cccs2)n1Cc1ccccc1Cl. The molecule has 0 unspecified atom stereocenters. The van der Waals surface area contributed by atoms with Crippen LogP contribution in [-0.2, 0) is 17.8 Å². The number of thiophene rings is 1. The minimum Gasteiger partial charge on any atom is -0.478 e. The molecule has 0 aliphatic heterocycles. The van der Waals surface area contributed by atoms with Crippen molar-refractivity contribution in [2.75, 3.05) is 0 Å². The van der Waals surface area contributed by atoms with Crippen LogP contribution in [0.3, 0.4) is 0 Å². The lowest BCUT2D eigenvalue weighted by atomic mass is 10.1. The molecule has 2 aromatic heterocycles. The van der Waals surface area contributed by atoms with Crippen molar-refractivity contribution in [2.24, 2.45) is 0 Å². The Labute approximate surface area is 174 Å². The van der Waals surface area contributed by atoms with Crippen molar-refractivity contribution < 1.29 is 9.90 Å². The van der Waals surface area contributed by atoms with Gasteiger partial charge in [-0.1, -0.05) is 49.2 Å². The first-order chi connectivity index (χ1) is 13.5. The maximum atomic E-state index is 12.0. The Morgan fingerprint density at radius 3 is 2.68 bits per heavy atom. The Kier molecular flexibility index (Phi) is 6.70. The zero-order valence-corrected chi connectivity index (χ0v) is 17.6. The summed E-state index contributed by atoms with van der Waals surface area (Å²) >= 11 is 7.81. The molecule has 0 atom stereocenters. The molecule has 4 nitrogen and oxygen atoms in total. The van der Waals surface area contributed by atoms with Crippen molar-refractivity contribution >= 4 is 40.1 Å². The fourth-order valence-corrected chi connectivity index (χ4v) is 4.24. The van der Waals surface area contributed by atoms with E-state index in [1.807, 2.05) is 48.7 Å². The zero-order valence-electron chi connectivity index (χ0n) is 16.0. The second-order valence-electron chi connectivity index (χ2n) is 6.62. The second kappa shape index (κ2) is 9.22. The van der Waals surface area contributed by atoms with Crippen molar-refractivity contribution in [3.8, 4) is 0 Å². The van der Waals surface area contributed by atoms with Crippen molar-refractivity contribution in [1.82, 2.24) is 9.55 Å². The summed E-state index contributed by atoms with van der Waals surface area (Å²) in [5.41, 5.74) is 2.83. The maximum Gasteiger partial charge on any atom is 0.337 e. The number of hydrogen-bond acceptors (Lipinski definition) is 3. The number of aromatic nitrogens is 2. The number of carboxylic acid groups (broad SMARTS) is 1. The van der Waals surface area contributed by atoms with Gasteiger partial charge in [-0.3, -0.25) is 0 Å². The largest absolute Gasteiger partial charge is 0.478 e. The van der Waals surface area contributed by atoms with Crippen LogP contribution in [0.15, 0.2) is 48.0 Å². The molecule has 0 saturated carbocycles. The van der Waals surface area contributed by atoms with Gasteiger partial charge in [0.15, 0.2) is 0 Å². The van der Waals surface area contributed by atoms with E-state index in [1.165, 1.54) is 11.3 Å². The molecule has 146 valence electrons. The van der Waals surface area contributed by atoms with Crippen LogP contribution < -0.4 is 0 Å². The fraction of sp³-hybridized carbons (Fsp3) is 0.273. The normalized spacial score (nSPS) is 12.1. The molecule has 0 aliphatic rings. The molecule has 2 heterocycles. The highest BCUT2D eigenvalue weighted by Crippen LogP contribution is 2.31. The number of rotatable bonds is 8. The third kappa shape index (κ3) is 4.37. The van der Waals surface area contributed by atoms with Crippen LogP contribution in [0, 0.1) is 0 Å². The van der Waals surface area contributed by atoms with Gasteiger partial charge in [-0.05, 0) is 42.0 Å². The summed E-state index contributed by atoms with van der Waals surface area (Å²) in [4.78, 5) is 17.4. The van der Waals surface area contributed by atoms with Crippen LogP contribution in [-0.4, -0.2) is 20.6 Å². The van der Waals surface area contributed by atoms with Gasteiger partial charge in [-0.2, -0.15) is 0 Å². The Balaban J connectivity index is 2.12. The van der Waals surface area contributed by atoms with Crippen molar-refractivity contribution in [1.29, 1.82) is 0 Å². The van der Waals surface area contributed by atoms with Gasteiger partial charge >= 0.3 is 5.97 Å². The summed E-state index contributed by atoms with van der Waals surface area (Å²) in [5, 5.41) is 12.4. The third-order valence-corrected chi connectivity index (χ3v) is 5.98. The lowest BCUT2D eigenvalue weighted by Crippen LogP contribution is -2.10. The summed E-state index contributed by atoms with van der Waals surface area (Å²) < 4.78 is 2.10. The number of aliphatic carboxylic acids is 1. The number of carbonyl (C=O) groups is 1. The van der Waals surface area contributed by atoms with E-state index in [-0.39, 0.29) is 0 Å². The Bertz CT molecular complexity index is 990. The average Bonchev–Trinajstić information content (AvgIpc) is 3.32. The molecule has 0 spiro atoms. The number of benzene rings is 1. The molecular weight excluding hydrogens is 392 g/mol. The number of halogens is 1. The number of nitrogens with zero attached hydrogens (tertiary/aromatic N) is 2. The van der Waals surface area contributed by atoms with E-state index in [2.05, 4.69) is 16.5 Å². The predicted molar refractivity (Wildman–Crippen MR) is 116 cm³/mol. The Hall–Kier alpha value is -2.37. The predicted octanol–water partition coefficient (Wildman–Crippen LogP) is 6.00. The van der Waals surface area contributed by atoms with E-state index < -0.39 is 5.97 Å². The van der Waals surface area contributed by atoms with E-state index in [1.54, 1.807) is 6.20 Å². The smallest absolute Gasteiger partial charge is 0.337 e. The highest BCUT2D eigenvalue weighted by atomic mass is 35.5. The van der Waals surface area contributed by atoms with Gasteiger partial charge in [-0.15, -0.1) is 11.3 Å². The van der Waals surface area contributed by atoms with Crippen molar-refractivity contribution in [2.45, 2.75) is 39.7 Å². The third-order valence-electron chi connectivity index (χ3n) is 4.72. The molecule has 0 radical (unpaired) electrons. The Morgan fingerprint density at radius 1 is 1.25 bits per heavy atom. The van der Waals surface area contributed by atoms with Gasteiger partial charge in [0.25, 0.3) is 0 Å².